The molecule has 0 amide bonds. The standard InChI is InChI=1S/C16H21N5O3/c1-6-9(2)21-10(3)7-19-12-13(17-15(19)21)18(5)16(24)20(14(12)23)8-11(4)22/h7,9H,6,8H2,1-5H3. The quantitative estimate of drug-likeness (QED) is 0.714. The molecule has 128 valence electrons. The summed E-state index contributed by atoms with van der Waals surface area (Å²) in [6.07, 6.45) is 2.77. The molecule has 0 fully saturated rings. The lowest BCUT2D eigenvalue weighted by molar-refractivity contribution is -0.117. The molecule has 1 unspecified atom stereocenters. The van der Waals surface area contributed by atoms with Crippen LogP contribution in [0.2, 0.25) is 0 Å². The Balaban J connectivity index is 2.48. The highest BCUT2D eigenvalue weighted by molar-refractivity contribution is 5.78. The van der Waals surface area contributed by atoms with Crippen molar-refractivity contribution in [2.24, 2.45) is 7.05 Å². The SMILES string of the molecule is CCC(C)n1c(C)cn2c3c(=O)n(CC(C)=O)c(=O)n(C)c3nc12. The van der Waals surface area contributed by atoms with Gasteiger partial charge in [0.1, 0.15) is 5.78 Å². The zero-order chi connectivity index (χ0) is 17.8. The average molecular weight is 331 g/mol. The third kappa shape index (κ3) is 2.13. The van der Waals surface area contributed by atoms with Gasteiger partial charge in [-0.25, -0.2) is 4.79 Å². The van der Waals surface area contributed by atoms with Crippen LogP contribution in [-0.4, -0.2) is 28.9 Å². The number of nitrogens with zero attached hydrogens (tertiary/aromatic N) is 5. The number of Topliss-reactive ketones (excluding diaryl/α,β-unsaturated/α-hetero) is 1. The second kappa shape index (κ2) is 5.47. The van der Waals surface area contributed by atoms with E-state index in [0.29, 0.717) is 16.9 Å². The minimum atomic E-state index is -0.532. The Morgan fingerprint density at radius 2 is 2.00 bits per heavy atom. The van der Waals surface area contributed by atoms with Crippen molar-refractivity contribution in [1.82, 2.24) is 23.1 Å². The summed E-state index contributed by atoms with van der Waals surface area (Å²) in [5, 5.41) is 0. The average Bonchev–Trinajstić information content (AvgIpc) is 3.03. The largest absolute Gasteiger partial charge is 0.332 e. The van der Waals surface area contributed by atoms with Gasteiger partial charge in [0.15, 0.2) is 11.2 Å². The molecular weight excluding hydrogens is 310 g/mol. The van der Waals surface area contributed by atoms with Gasteiger partial charge in [0.05, 0.1) is 6.54 Å². The number of carbonyl (C=O) groups is 1. The fraction of sp³-hybridized carbons (Fsp3) is 0.500. The molecule has 0 N–H and O–H groups in total. The zero-order valence-electron chi connectivity index (χ0n) is 14.5. The molecular formula is C16H21N5O3. The Morgan fingerprint density at radius 3 is 2.58 bits per heavy atom. The van der Waals surface area contributed by atoms with Crippen molar-refractivity contribution in [3.05, 3.63) is 32.7 Å². The summed E-state index contributed by atoms with van der Waals surface area (Å²) in [5.41, 5.74) is 0.614. The number of imidazole rings is 2. The number of fused-ring (bicyclic) bond motifs is 3. The Hall–Kier alpha value is -2.64. The molecule has 3 rings (SSSR count). The molecule has 0 aliphatic heterocycles. The van der Waals surface area contributed by atoms with Gasteiger partial charge < -0.3 is 4.57 Å². The molecule has 24 heavy (non-hydrogen) atoms. The van der Waals surface area contributed by atoms with E-state index in [4.69, 9.17) is 0 Å². The molecule has 3 heterocycles. The topological polar surface area (TPSA) is 83.3 Å². The second-order valence-corrected chi connectivity index (χ2v) is 6.29. The van der Waals surface area contributed by atoms with E-state index in [2.05, 4.69) is 23.4 Å². The molecule has 8 heteroatoms. The molecule has 8 nitrogen and oxygen atoms in total. The first kappa shape index (κ1) is 16.2. The number of carbonyl (C=O) groups excluding carboxylic acids is 1. The monoisotopic (exact) mass is 331 g/mol. The summed E-state index contributed by atoms with van der Waals surface area (Å²) in [4.78, 5) is 41.2. The molecule has 0 aliphatic carbocycles. The van der Waals surface area contributed by atoms with Gasteiger partial charge in [0, 0.05) is 25.0 Å². The highest BCUT2D eigenvalue weighted by Crippen LogP contribution is 2.21. The molecule has 1 atom stereocenters. The number of aryl methyl sites for hydroxylation is 2. The number of hydrogen-bond acceptors (Lipinski definition) is 4. The van der Waals surface area contributed by atoms with Gasteiger partial charge >= 0.3 is 5.69 Å². The van der Waals surface area contributed by atoms with Crippen LogP contribution in [0.4, 0.5) is 0 Å². The molecule has 3 aromatic rings. The molecule has 0 saturated carbocycles. The fourth-order valence-corrected chi connectivity index (χ4v) is 3.12. The maximum atomic E-state index is 12.8. The fourth-order valence-electron chi connectivity index (χ4n) is 3.12. The molecule has 3 aromatic heterocycles. The van der Waals surface area contributed by atoms with Gasteiger partial charge in [-0.2, -0.15) is 4.98 Å². The van der Waals surface area contributed by atoms with Gasteiger partial charge in [0.25, 0.3) is 5.56 Å². The molecule has 0 spiro atoms. The van der Waals surface area contributed by atoms with E-state index in [1.165, 1.54) is 11.5 Å². The zero-order valence-corrected chi connectivity index (χ0v) is 14.5. The smallest absolute Gasteiger partial charge is 0.311 e. The highest BCUT2D eigenvalue weighted by Gasteiger charge is 2.21. The van der Waals surface area contributed by atoms with E-state index in [0.717, 1.165) is 16.7 Å². The Bertz CT molecular complexity index is 1080. The van der Waals surface area contributed by atoms with Crippen molar-refractivity contribution in [3.63, 3.8) is 0 Å². The predicted octanol–water partition coefficient (Wildman–Crippen LogP) is 1.02. The van der Waals surface area contributed by atoms with Crippen molar-refractivity contribution in [3.8, 4) is 0 Å². The van der Waals surface area contributed by atoms with Gasteiger partial charge in [-0.05, 0) is 27.2 Å². The van der Waals surface area contributed by atoms with Crippen LogP contribution in [-0.2, 0) is 18.4 Å². The first-order valence-electron chi connectivity index (χ1n) is 7.96. The lowest BCUT2D eigenvalue weighted by Gasteiger charge is -2.12. The normalized spacial score (nSPS) is 13.0. The van der Waals surface area contributed by atoms with Gasteiger partial charge in [-0.1, -0.05) is 6.92 Å². The molecule has 0 radical (unpaired) electrons. The van der Waals surface area contributed by atoms with Crippen LogP contribution in [0.15, 0.2) is 15.8 Å². The van der Waals surface area contributed by atoms with Crippen molar-refractivity contribution < 1.29 is 4.79 Å². The van der Waals surface area contributed by atoms with Gasteiger partial charge in [0.2, 0.25) is 5.78 Å². The summed E-state index contributed by atoms with van der Waals surface area (Å²) in [5.74, 6) is 0.382. The van der Waals surface area contributed by atoms with Gasteiger partial charge in [-0.3, -0.25) is 23.1 Å². The van der Waals surface area contributed by atoms with Crippen LogP contribution in [0, 0.1) is 6.92 Å². The second-order valence-electron chi connectivity index (χ2n) is 6.29. The number of rotatable bonds is 4. The maximum absolute atomic E-state index is 12.8. The van der Waals surface area contributed by atoms with Crippen molar-refractivity contribution in [2.75, 3.05) is 0 Å². The van der Waals surface area contributed by atoms with Crippen LogP contribution >= 0.6 is 0 Å². The Morgan fingerprint density at radius 1 is 1.33 bits per heavy atom. The van der Waals surface area contributed by atoms with E-state index >= 15 is 0 Å². The molecule has 0 saturated heterocycles. The molecule has 0 aromatic carbocycles. The summed E-state index contributed by atoms with van der Waals surface area (Å²) in [7, 11) is 1.56. The number of hydrogen-bond donors (Lipinski definition) is 0. The van der Waals surface area contributed by atoms with Crippen molar-refractivity contribution in [1.29, 1.82) is 0 Å². The third-order valence-corrected chi connectivity index (χ3v) is 4.48. The highest BCUT2D eigenvalue weighted by atomic mass is 16.2. The van der Waals surface area contributed by atoms with Crippen LogP contribution in [0.3, 0.4) is 0 Å². The number of ketones is 1. The van der Waals surface area contributed by atoms with E-state index in [9.17, 15) is 14.4 Å². The predicted molar refractivity (Wildman–Crippen MR) is 90.6 cm³/mol. The van der Waals surface area contributed by atoms with Gasteiger partial charge in [-0.15, -0.1) is 0 Å². The molecule has 0 bridgehead atoms. The summed E-state index contributed by atoms with van der Waals surface area (Å²) < 4.78 is 6.06. The van der Waals surface area contributed by atoms with E-state index < -0.39 is 11.2 Å². The van der Waals surface area contributed by atoms with Crippen LogP contribution in [0.1, 0.15) is 38.9 Å². The summed E-state index contributed by atoms with van der Waals surface area (Å²) >= 11 is 0. The van der Waals surface area contributed by atoms with Crippen molar-refractivity contribution in [2.45, 2.75) is 46.7 Å². The van der Waals surface area contributed by atoms with Crippen LogP contribution in [0.25, 0.3) is 16.9 Å². The summed E-state index contributed by atoms with van der Waals surface area (Å²) in [6.45, 7) is 7.24. The third-order valence-electron chi connectivity index (χ3n) is 4.48. The lowest BCUT2D eigenvalue weighted by atomic mass is 10.2. The van der Waals surface area contributed by atoms with Crippen molar-refractivity contribution >= 4 is 22.7 Å². The summed E-state index contributed by atoms with van der Waals surface area (Å²) in [6, 6.07) is 0.218. The minimum Gasteiger partial charge on any atom is -0.311 e. The van der Waals surface area contributed by atoms with E-state index in [1.54, 1.807) is 11.4 Å². The lowest BCUT2D eigenvalue weighted by Crippen LogP contribution is -2.40. The number of aromatic nitrogens is 5. The van der Waals surface area contributed by atoms with Crippen LogP contribution in [0.5, 0.6) is 0 Å². The van der Waals surface area contributed by atoms with E-state index in [1.807, 2.05) is 13.1 Å². The van der Waals surface area contributed by atoms with E-state index in [-0.39, 0.29) is 18.4 Å². The maximum Gasteiger partial charge on any atom is 0.332 e. The minimum absolute atomic E-state index is 0.218. The first-order chi connectivity index (χ1) is 11.3. The Labute approximate surface area is 137 Å². The molecule has 0 aliphatic rings. The van der Waals surface area contributed by atoms with Crippen LogP contribution < -0.4 is 11.2 Å². The Kier molecular flexibility index (Phi) is 3.70. The first-order valence-corrected chi connectivity index (χ1v) is 7.96.